The number of unbranched alkanes of at least 4 members (excludes halogenated alkanes) is 6. The van der Waals surface area contributed by atoms with Crippen LogP contribution in [0.3, 0.4) is 0 Å². The summed E-state index contributed by atoms with van der Waals surface area (Å²) in [6, 6.07) is 22.4. The number of carbonyl (C=O) groups excluding carboxylic acids is 6. The second-order valence-corrected chi connectivity index (χ2v) is 18.0. The zero-order valence-electron chi connectivity index (χ0n) is 40.8. The Hall–Kier alpha value is -7.29. The fourth-order valence-corrected chi connectivity index (χ4v) is 8.62. The fourth-order valence-electron chi connectivity index (χ4n) is 8.62. The van der Waals surface area contributed by atoms with Crippen molar-refractivity contribution >= 4 is 52.8 Å². The van der Waals surface area contributed by atoms with Crippen molar-refractivity contribution in [2.45, 2.75) is 103 Å². The van der Waals surface area contributed by atoms with E-state index in [-0.39, 0.29) is 41.4 Å². The molecule has 0 radical (unpaired) electrons. The van der Waals surface area contributed by atoms with Crippen LogP contribution in [0.4, 0.5) is 0 Å². The molecule has 382 valence electrons. The van der Waals surface area contributed by atoms with Crippen molar-refractivity contribution in [3.63, 3.8) is 0 Å². The van der Waals surface area contributed by atoms with Crippen molar-refractivity contribution in [1.29, 1.82) is 5.41 Å². The van der Waals surface area contributed by atoms with E-state index in [0.29, 0.717) is 117 Å². The maximum absolute atomic E-state index is 13.4. The number of hydrogen-bond donors (Lipinski definition) is 1. The van der Waals surface area contributed by atoms with Gasteiger partial charge >= 0.3 is 35.8 Å². The molecule has 1 N–H and O–H groups in total. The highest BCUT2D eigenvalue weighted by Gasteiger charge is 2.34. The molecule has 15 heteroatoms. The maximum atomic E-state index is 13.4. The molecule has 4 aromatic carbocycles. The quantitative estimate of drug-likeness (QED) is 0.0194. The number of fused-ring (bicyclic) bond motifs is 1. The van der Waals surface area contributed by atoms with Gasteiger partial charge in [-0.1, -0.05) is 19.2 Å². The lowest BCUT2D eigenvalue weighted by molar-refractivity contribution is -0.145. The van der Waals surface area contributed by atoms with Crippen molar-refractivity contribution in [3.05, 3.63) is 110 Å². The Morgan fingerprint density at radius 2 is 0.792 bits per heavy atom. The number of hydrogen-bond acceptors (Lipinski definition) is 15. The maximum Gasteiger partial charge on any atom is 0.330 e. The summed E-state index contributed by atoms with van der Waals surface area (Å²) in [7, 11) is 0. The van der Waals surface area contributed by atoms with Crippen LogP contribution in [0.2, 0.25) is 0 Å². The van der Waals surface area contributed by atoms with Gasteiger partial charge in [0.1, 0.15) is 34.5 Å². The van der Waals surface area contributed by atoms with E-state index in [4.69, 9.17) is 43.3 Å². The molecule has 6 rings (SSSR count). The van der Waals surface area contributed by atoms with E-state index in [2.05, 4.69) is 13.2 Å². The number of carbonyl (C=O) groups is 6. The van der Waals surface area contributed by atoms with Crippen LogP contribution in [0.25, 0.3) is 10.8 Å². The Balaban J connectivity index is 0.870. The number of rotatable bonds is 27. The predicted molar refractivity (Wildman–Crippen MR) is 268 cm³/mol. The molecule has 2 saturated carbocycles. The predicted octanol–water partition coefficient (Wildman–Crippen LogP) is 10.8. The van der Waals surface area contributed by atoms with E-state index in [9.17, 15) is 28.8 Å². The van der Waals surface area contributed by atoms with Gasteiger partial charge in [-0.2, -0.15) is 0 Å². The molecule has 0 heterocycles. The summed E-state index contributed by atoms with van der Waals surface area (Å²) in [6.45, 7) is 8.58. The van der Waals surface area contributed by atoms with Crippen LogP contribution in [0.1, 0.15) is 108 Å². The molecular formula is C57H65NO14. The molecule has 0 bridgehead atoms. The van der Waals surface area contributed by atoms with Crippen LogP contribution in [0.15, 0.2) is 104 Å². The number of nitrogens with one attached hydrogen (secondary N) is 1. The average molecular weight is 988 g/mol. The Kier molecular flexibility index (Phi) is 21.4. The monoisotopic (exact) mass is 987 g/mol. The van der Waals surface area contributed by atoms with Crippen LogP contribution in [0.5, 0.6) is 34.5 Å². The molecule has 0 aromatic heterocycles. The zero-order valence-corrected chi connectivity index (χ0v) is 40.8. The van der Waals surface area contributed by atoms with Gasteiger partial charge in [0.05, 0.1) is 50.1 Å². The van der Waals surface area contributed by atoms with Gasteiger partial charge < -0.3 is 43.3 Å². The zero-order chi connectivity index (χ0) is 51.1. The summed E-state index contributed by atoms with van der Waals surface area (Å²) >= 11 is 0. The number of benzene rings is 4. The van der Waals surface area contributed by atoms with E-state index in [1.807, 2.05) is 0 Å². The van der Waals surface area contributed by atoms with E-state index < -0.39 is 23.8 Å². The Bertz CT molecular complexity index is 2480. The molecule has 0 aliphatic heterocycles. The van der Waals surface area contributed by atoms with Crippen molar-refractivity contribution in [1.82, 2.24) is 0 Å². The SMILES string of the molecule is C=CC(=O)OCCCCCCOc1ccc(OC(=O)C2CCC(C(=O)Oc3ccc4cc(OC(=O)C5CCC(C(=O)Oc6ccc(OCCCCCCOC(=O)C=C)cc6)CC5)c(C=N)cc4c3)CC2)cc1. The van der Waals surface area contributed by atoms with E-state index in [1.165, 1.54) is 0 Å². The van der Waals surface area contributed by atoms with Crippen molar-refractivity contribution in [3.8, 4) is 34.5 Å². The van der Waals surface area contributed by atoms with Gasteiger partial charge in [0, 0.05) is 23.9 Å². The summed E-state index contributed by atoms with van der Waals surface area (Å²) < 4.78 is 44.5. The molecule has 0 amide bonds. The van der Waals surface area contributed by atoms with Gasteiger partial charge in [-0.3, -0.25) is 19.2 Å². The highest BCUT2D eigenvalue weighted by Crippen LogP contribution is 2.35. The van der Waals surface area contributed by atoms with Crippen LogP contribution in [-0.4, -0.2) is 68.5 Å². The molecule has 2 fully saturated rings. The third-order valence-corrected chi connectivity index (χ3v) is 12.8. The Labute approximate surface area is 420 Å². The molecule has 0 unspecified atom stereocenters. The average Bonchev–Trinajstić information content (AvgIpc) is 3.40. The first-order valence-electron chi connectivity index (χ1n) is 25.0. The molecule has 15 nitrogen and oxygen atoms in total. The topological polar surface area (TPSA) is 200 Å². The molecule has 0 spiro atoms. The highest BCUT2D eigenvalue weighted by atomic mass is 16.6. The Morgan fingerprint density at radius 3 is 1.19 bits per heavy atom. The number of ether oxygens (including phenoxy) is 8. The molecule has 0 saturated heterocycles. The lowest BCUT2D eigenvalue weighted by Gasteiger charge is -2.26. The second kappa shape index (κ2) is 28.5. The normalized spacial score (nSPS) is 17.3. The third kappa shape index (κ3) is 17.2. The van der Waals surface area contributed by atoms with Gasteiger partial charge in [-0.05, 0) is 186 Å². The van der Waals surface area contributed by atoms with Crippen molar-refractivity contribution < 1.29 is 66.7 Å². The first-order chi connectivity index (χ1) is 35.0. The Morgan fingerprint density at radius 1 is 0.431 bits per heavy atom. The smallest absolute Gasteiger partial charge is 0.330 e. The second-order valence-electron chi connectivity index (χ2n) is 18.0. The summed E-state index contributed by atoms with van der Waals surface area (Å²) in [6.07, 6.45) is 14.2. The minimum absolute atomic E-state index is 0.243. The first kappa shape index (κ1) is 54.1. The first-order valence-corrected chi connectivity index (χ1v) is 25.0. The lowest BCUT2D eigenvalue weighted by atomic mass is 9.82. The van der Waals surface area contributed by atoms with Gasteiger partial charge in [0.2, 0.25) is 0 Å². The molecule has 2 aliphatic rings. The van der Waals surface area contributed by atoms with E-state index in [0.717, 1.165) is 75.1 Å². The fraction of sp³-hybridized carbons (Fsp3) is 0.421. The molecule has 72 heavy (non-hydrogen) atoms. The van der Waals surface area contributed by atoms with Gasteiger partial charge in [-0.15, -0.1) is 0 Å². The van der Waals surface area contributed by atoms with E-state index in [1.54, 1.807) is 78.9 Å². The molecule has 0 atom stereocenters. The standard InChI is InChI=1S/C57H65NO14/c1-3-52(59)67-33-11-7-5-9-31-65-46-23-27-48(28-24-46)69-54(61)39-13-15-41(16-14-39)56(63)71-50-22-21-43-37-51(45(38-58)35-44(43)36-50)72-57(64)42-19-17-40(18-20-42)55(62)70-49-29-25-47(26-30-49)66-32-10-6-8-12-34-68-53(60)4-2/h3-4,21-30,35-42,58H,1-2,5-20,31-34H2. The molecule has 2 aliphatic carbocycles. The lowest BCUT2D eigenvalue weighted by Crippen LogP contribution is -2.30. The van der Waals surface area contributed by atoms with Crippen LogP contribution in [0, 0.1) is 29.1 Å². The molecular weight excluding hydrogens is 923 g/mol. The van der Waals surface area contributed by atoms with Gasteiger partial charge in [0.25, 0.3) is 0 Å². The van der Waals surface area contributed by atoms with Crippen LogP contribution >= 0.6 is 0 Å². The van der Waals surface area contributed by atoms with Crippen molar-refractivity contribution in [2.24, 2.45) is 23.7 Å². The van der Waals surface area contributed by atoms with Crippen LogP contribution < -0.4 is 28.4 Å². The third-order valence-electron chi connectivity index (χ3n) is 12.8. The van der Waals surface area contributed by atoms with Crippen LogP contribution in [-0.2, 0) is 38.2 Å². The number of esters is 6. The van der Waals surface area contributed by atoms with E-state index >= 15 is 0 Å². The van der Waals surface area contributed by atoms with Crippen molar-refractivity contribution in [2.75, 3.05) is 26.4 Å². The minimum Gasteiger partial charge on any atom is -0.494 e. The largest absolute Gasteiger partial charge is 0.494 e. The van der Waals surface area contributed by atoms with Gasteiger partial charge in [0.15, 0.2) is 0 Å². The highest BCUT2D eigenvalue weighted by molar-refractivity contribution is 5.95. The van der Waals surface area contributed by atoms with Gasteiger partial charge in [-0.25, -0.2) is 9.59 Å². The summed E-state index contributed by atoms with van der Waals surface area (Å²) in [5.74, 6) is -1.05. The summed E-state index contributed by atoms with van der Waals surface area (Å²) in [4.78, 5) is 74.9. The molecule has 4 aromatic rings. The summed E-state index contributed by atoms with van der Waals surface area (Å²) in [5, 5.41) is 9.48. The minimum atomic E-state index is -0.426. The summed E-state index contributed by atoms with van der Waals surface area (Å²) in [5.41, 5.74) is 0.383.